The molecule has 0 spiro atoms. The first-order chi connectivity index (χ1) is 3.41. The lowest BCUT2D eigenvalue weighted by atomic mass is 9.90. The molecule has 0 aromatic rings. The second kappa shape index (κ2) is 1.44. The topological polar surface area (TPSA) is 40.5 Å². The molecule has 1 saturated carbocycles. The van der Waals surface area contributed by atoms with Gasteiger partial charge in [0.25, 0.3) is 0 Å². The molecule has 8 radical (unpaired) electrons. The Morgan fingerprint density at radius 1 is 1.12 bits per heavy atom. The minimum Gasteiger partial charge on any atom is -0.365 e. The largest absolute Gasteiger partial charge is 0.365 e. The lowest BCUT2D eigenvalue weighted by Crippen LogP contribution is -2.49. The van der Waals surface area contributed by atoms with Crippen LogP contribution in [0.1, 0.15) is 0 Å². The predicted octanol–water partition coefficient (Wildman–Crippen LogP) is -1.46. The molecule has 0 unspecified atom stereocenters. The summed E-state index contributed by atoms with van der Waals surface area (Å²) in [7, 11) is 6.34. The summed E-state index contributed by atoms with van der Waals surface area (Å²) in [5, 5.41) is 17.3. The van der Waals surface area contributed by atoms with E-state index in [1.54, 1.807) is 0 Å². The maximum absolute atomic E-state index is 8.63. The van der Waals surface area contributed by atoms with Gasteiger partial charge in [-0.3, -0.25) is 0 Å². The van der Waals surface area contributed by atoms with Crippen molar-refractivity contribution in [3.8, 4) is 0 Å². The number of hydrogen-bond acceptors (Lipinski definition) is 2. The average Bonchev–Trinajstić information content (AvgIpc) is 1.20. The monoisotopic (exact) mass is 140 g/mol. The van der Waals surface area contributed by atoms with Gasteiger partial charge >= 0.3 is 0 Å². The van der Waals surface area contributed by atoms with Crippen LogP contribution in [0, 0.1) is 12.8 Å². The van der Waals surface area contributed by atoms with Gasteiger partial charge in [0, 0.05) is 33.3 Å². The van der Waals surface area contributed by atoms with Crippen LogP contribution in [0.25, 0.3) is 0 Å². The Morgan fingerprint density at radius 2 is 1.50 bits per heavy atom. The quantitative estimate of drug-likeness (QED) is 0.319. The number of hydrogen-bond donors (Lipinski definition) is 2. The van der Waals surface area contributed by atoms with E-state index in [1.807, 2.05) is 0 Å². The van der Waals surface area contributed by atoms with Crippen molar-refractivity contribution in [2.45, 2.75) is 10.4 Å². The summed E-state index contributed by atoms with van der Waals surface area (Å²) >= 11 is 0. The molecule has 4 heteroatoms. The van der Waals surface area contributed by atoms with Gasteiger partial charge in [-0.25, -0.2) is 0 Å². The van der Waals surface area contributed by atoms with E-state index in [1.165, 1.54) is 12.8 Å². The van der Waals surface area contributed by atoms with Crippen molar-refractivity contribution in [3.63, 3.8) is 0 Å². The van der Waals surface area contributed by atoms with Gasteiger partial charge in [0.05, 0.1) is 0 Å². The highest BCUT2D eigenvalue weighted by Gasteiger charge is 2.47. The normalized spacial score (nSPS) is 31.5. The van der Waals surface area contributed by atoms with Crippen LogP contribution in [-0.2, 0) is 0 Å². The van der Waals surface area contributed by atoms with E-state index in [-0.39, 0.29) is 0 Å². The molecule has 1 aliphatic rings. The van der Waals surface area contributed by atoms with Gasteiger partial charge in [0.1, 0.15) is 0 Å². The highest BCUT2D eigenvalue weighted by atomic mass is 28.2. The Kier molecular flexibility index (Phi) is 1.17. The molecule has 0 aromatic carbocycles. The molecule has 1 rings (SSSR count). The fourth-order valence-corrected chi connectivity index (χ4v) is 1.51. The smallest absolute Gasteiger partial charge is 0.169 e. The van der Waals surface area contributed by atoms with Crippen molar-refractivity contribution < 1.29 is 10.2 Å². The van der Waals surface area contributed by atoms with E-state index < -0.39 is 10.4 Å². The fourth-order valence-electron chi connectivity index (χ4n) is 0.657. The molecule has 0 aliphatic heterocycles. The summed E-state index contributed by atoms with van der Waals surface area (Å²) in [4.78, 5) is 0. The van der Waals surface area contributed by atoms with Gasteiger partial charge in [-0.1, -0.05) is 0 Å². The Labute approximate surface area is 54.8 Å². The van der Waals surface area contributed by atoms with Crippen molar-refractivity contribution in [1.29, 1.82) is 0 Å². The van der Waals surface area contributed by atoms with Crippen molar-refractivity contribution in [2.24, 2.45) is 0 Å². The summed E-state index contributed by atoms with van der Waals surface area (Å²) < 4.78 is -0.483. The van der Waals surface area contributed by atoms with Crippen molar-refractivity contribution in [3.05, 3.63) is 12.8 Å². The second-order valence-corrected chi connectivity index (χ2v) is 4.10. The van der Waals surface area contributed by atoms with Crippen LogP contribution in [0.15, 0.2) is 0 Å². The zero-order chi connectivity index (χ0) is 6.41. The van der Waals surface area contributed by atoms with Gasteiger partial charge in [-0.15, -0.1) is 0 Å². The van der Waals surface area contributed by atoms with Gasteiger partial charge in [-0.2, -0.15) is 0 Å². The molecule has 2 N–H and O–H groups in total. The zero-order valence-corrected chi connectivity index (χ0v) is 6.05. The lowest BCUT2D eigenvalue weighted by molar-refractivity contribution is -0.133. The van der Waals surface area contributed by atoms with Gasteiger partial charge in [0.15, 0.2) is 5.79 Å². The lowest BCUT2D eigenvalue weighted by Gasteiger charge is -2.44. The first-order valence-electron chi connectivity index (χ1n) is 2.10. The molecule has 2 nitrogen and oxygen atoms in total. The predicted molar refractivity (Wildman–Crippen MR) is 30.0 cm³/mol. The number of aliphatic hydroxyl groups is 2. The average molecular weight is 140 g/mol. The molecule has 1 aliphatic carbocycles. The summed E-state index contributed by atoms with van der Waals surface area (Å²) in [6.07, 6.45) is 2.63. The summed E-state index contributed by atoms with van der Waals surface area (Å²) in [6, 6.07) is 0. The Balaban J connectivity index is 2.42. The summed E-state index contributed by atoms with van der Waals surface area (Å²) in [5.74, 6) is -1.69. The SMILES string of the molecule is OC1(O)[CH]C([Si])([Si])[CH]1. The maximum atomic E-state index is 8.63. The first kappa shape index (κ1) is 6.47. The Hall–Kier alpha value is 0.354. The van der Waals surface area contributed by atoms with E-state index in [9.17, 15) is 0 Å². The van der Waals surface area contributed by atoms with E-state index in [2.05, 4.69) is 20.5 Å². The Morgan fingerprint density at radius 3 is 1.50 bits per heavy atom. The van der Waals surface area contributed by atoms with Gasteiger partial charge < -0.3 is 10.2 Å². The minimum absolute atomic E-state index is 0.483. The highest BCUT2D eigenvalue weighted by molar-refractivity contribution is 6.43. The van der Waals surface area contributed by atoms with Crippen molar-refractivity contribution in [2.75, 3.05) is 0 Å². The third kappa shape index (κ3) is 1.19. The molecule has 40 valence electrons. The summed E-state index contributed by atoms with van der Waals surface area (Å²) in [6.45, 7) is 0. The molecule has 0 aromatic heterocycles. The van der Waals surface area contributed by atoms with Crippen LogP contribution < -0.4 is 0 Å². The fraction of sp³-hybridized carbons (Fsp3) is 0.500. The molecule has 0 bridgehead atoms. The highest BCUT2D eigenvalue weighted by Crippen LogP contribution is 2.45. The molecule has 0 heterocycles. The summed E-state index contributed by atoms with van der Waals surface area (Å²) in [5.41, 5.74) is 0. The molecule has 0 saturated heterocycles. The molecule has 8 heavy (non-hydrogen) atoms. The Bertz CT molecular complexity index is 88.6. The van der Waals surface area contributed by atoms with Gasteiger partial charge in [0.2, 0.25) is 0 Å². The standard InChI is InChI=1S/C4H4O2Si2/c5-3(6)1-4(7,8)2-3/h1-2,5-6H. The van der Waals surface area contributed by atoms with Crippen molar-refractivity contribution in [1.82, 2.24) is 0 Å². The van der Waals surface area contributed by atoms with E-state index in [0.717, 1.165) is 0 Å². The number of rotatable bonds is 0. The maximum Gasteiger partial charge on any atom is 0.169 e. The van der Waals surface area contributed by atoms with Gasteiger partial charge in [-0.05, 0) is 4.66 Å². The van der Waals surface area contributed by atoms with Crippen LogP contribution in [0.3, 0.4) is 0 Å². The third-order valence-corrected chi connectivity index (χ3v) is 1.46. The second-order valence-electron chi connectivity index (χ2n) is 1.94. The van der Waals surface area contributed by atoms with E-state index in [0.29, 0.717) is 0 Å². The zero-order valence-electron chi connectivity index (χ0n) is 4.05. The minimum atomic E-state index is -1.69. The van der Waals surface area contributed by atoms with Crippen molar-refractivity contribution >= 4 is 20.5 Å². The molecule has 1 fully saturated rings. The van der Waals surface area contributed by atoms with Crippen LogP contribution >= 0.6 is 0 Å². The van der Waals surface area contributed by atoms with Crippen LogP contribution in [-0.4, -0.2) is 36.5 Å². The molecular formula is C4H4O2Si2. The molecular weight excluding hydrogens is 136 g/mol. The van der Waals surface area contributed by atoms with E-state index >= 15 is 0 Å². The molecule has 0 atom stereocenters. The van der Waals surface area contributed by atoms with Crippen LogP contribution in [0.5, 0.6) is 0 Å². The van der Waals surface area contributed by atoms with Crippen LogP contribution in [0.2, 0.25) is 4.66 Å². The third-order valence-electron chi connectivity index (χ3n) is 0.880. The first-order valence-corrected chi connectivity index (χ1v) is 3.10. The molecule has 0 amide bonds. The van der Waals surface area contributed by atoms with E-state index in [4.69, 9.17) is 10.2 Å². The van der Waals surface area contributed by atoms with Crippen LogP contribution in [0.4, 0.5) is 0 Å².